The van der Waals surface area contributed by atoms with Gasteiger partial charge in [0.1, 0.15) is 32.3 Å². The summed E-state index contributed by atoms with van der Waals surface area (Å²) in [6, 6.07) is 11.6. The Balaban J connectivity index is 0.000000289. The molecule has 4 rings (SSSR count). The number of nitrogens with zero attached hydrogens (tertiary/aromatic N) is 2. The van der Waals surface area contributed by atoms with Gasteiger partial charge in [-0.3, -0.25) is 20.2 Å². The third-order valence-corrected chi connectivity index (χ3v) is 6.34. The van der Waals surface area contributed by atoms with E-state index in [0.29, 0.717) is 15.1 Å². The number of phenolic OH excluding ortho intramolecular Hbond substituents is 4. The van der Waals surface area contributed by atoms with Crippen molar-refractivity contribution in [1.82, 2.24) is 0 Å². The standard InChI is InChI=1S/2C6H3Cl2NO3.C6H5Cl2NO.C6H4Cl2O/c7-4-1-3(10)2-5(8)6(4)9(11)12;7-3-1-4(8)6(9(11)12)5(10)2-3;7-3-1-4(8)6(9)5(10)2-3;7-4-1-5(8)3-6(9)2-4/h2*1-2,10H;1-2,10H,9H2;1-3,9H. The van der Waals surface area contributed by atoms with Crippen LogP contribution in [0.4, 0.5) is 17.1 Å². The molecule has 0 spiro atoms. The van der Waals surface area contributed by atoms with Gasteiger partial charge in [-0.15, -0.1) is 0 Å². The second kappa shape index (κ2) is 17.3. The maximum absolute atomic E-state index is 10.3. The van der Waals surface area contributed by atoms with Crippen LogP contribution in [-0.2, 0) is 0 Å². The predicted molar refractivity (Wildman–Crippen MR) is 170 cm³/mol. The number of hydrogen-bond donors (Lipinski definition) is 5. The van der Waals surface area contributed by atoms with E-state index in [1.165, 1.54) is 30.3 Å². The molecule has 19 heteroatoms. The van der Waals surface area contributed by atoms with Gasteiger partial charge >= 0.3 is 11.4 Å². The molecule has 4 aromatic carbocycles. The summed E-state index contributed by atoms with van der Waals surface area (Å²) >= 11 is 43.9. The average Bonchev–Trinajstić information content (AvgIpc) is 2.81. The highest BCUT2D eigenvalue weighted by Crippen LogP contribution is 2.37. The molecule has 230 valence electrons. The zero-order chi connectivity index (χ0) is 33.2. The van der Waals surface area contributed by atoms with Gasteiger partial charge in [0.25, 0.3) is 0 Å². The van der Waals surface area contributed by atoms with E-state index in [4.69, 9.17) is 119 Å². The van der Waals surface area contributed by atoms with Crippen LogP contribution in [0.5, 0.6) is 23.0 Å². The van der Waals surface area contributed by atoms with E-state index in [1.807, 2.05) is 0 Å². The van der Waals surface area contributed by atoms with Crippen molar-refractivity contribution in [3.05, 3.63) is 115 Å². The maximum atomic E-state index is 10.3. The Morgan fingerprint density at radius 1 is 0.488 bits per heavy atom. The summed E-state index contributed by atoms with van der Waals surface area (Å²) in [5.74, 6) is -0.724. The largest absolute Gasteiger partial charge is 0.508 e. The topological polar surface area (TPSA) is 193 Å². The lowest BCUT2D eigenvalue weighted by Gasteiger charge is -2.00. The summed E-state index contributed by atoms with van der Waals surface area (Å²) in [5, 5.41) is 57.5. The Morgan fingerprint density at radius 2 is 0.837 bits per heavy atom. The van der Waals surface area contributed by atoms with Crippen molar-refractivity contribution in [2.75, 3.05) is 5.73 Å². The van der Waals surface area contributed by atoms with Gasteiger partial charge in [0, 0.05) is 44.4 Å². The lowest BCUT2D eigenvalue weighted by Crippen LogP contribution is -1.89. The molecule has 0 radical (unpaired) electrons. The van der Waals surface area contributed by atoms with Gasteiger partial charge in [0.05, 0.1) is 20.6 Å². The van der Waals surface area contributed by atoms with Crippen LogP contribution in [0.25, 0.3) is 0 Å². The molecule has 43 heavy (non-hydrogen) atoms. The van der Waals surface area contributed by atoms with Crippen molar-refractivity contribution in [3.8, 4) is 23.0 Å². The first-order valence-electron chi connectivity index (χ1n) is 10.6. The molecular formula is C24H15Cl8N3O8. The third-order valence-electron chi connectivity index (χ3n) is 4.29. The normalized spacial score (nSPS) is 9.77. The van der Waals surface area contributed by atoms with Crippen LogP contribution >= 0.6 is 92.8 Å². The molecule has 4 aromatic rings. The predicted octanol–water partition coefficient (Wildman–Crippen LogP) is 10.2. The van der Waals surface area contributed by atoms with Crippen molar-refractivity contribution in [2.24, 2.45) is 0 Å². The highest BCUT2D eigenvalue weighted by Gasteiger charge is 2.19. The number of benzene rings is 4. The Hall–Kier alpha value is -3.00. The van der Waals surface area contributed by atoms with E-state index >= 15 is 0 Å². The van der Waals surface area contributed by atoms with Crippen LogP contribution in [0.15, 0.2) is 54.6 Å². The first kappa shape index (κ1) is 38.0. The summed E-state index contributed by atoms with van der Waals surface area (Å²) < 4.78 is 0. The second-order valence-corrected chi connectivity index (χ2v) is 10.9. The number of halogens is 8. The van der Waals surface area contributed by atoms with Crippen LogP contribution in [0.3, 0.4) is 0 Å². The van der Waals surface area contributed by atoms with Crippen LogP contribution in [0.1, 0.15) is 0 Å². The number of phenols is 4. The molecule has 0 aliphatic rings. The first-order valence-corrected chi connectivity index (χ1v) is 13.6. The van der Waals surface area contributed by atoms with Crippen molar-refractivity contribution < 1.29 is 30.3 Å². The van der Waals surface area contributed by atoms with Crippen LogP contribution in [0, 0.1) is 20.2 Å². The molecule has 0 unspecified atom stereocenters. The van der Waals surface area contributed by atoms with E-state index in [9.17, 15) is 20.2 Å². The number of aromatic hydroxyl groups is 4. The minimum atomic E-state index is -0.770. The Morgan fingerprint density at radius 3 is 1.21 bits per heavy atom. The van der Waals surface area contributed by atoms with Gasteiger partial charge in [-0.05, 0) is 30.3 Å². The molecule has 0 bridgehead atoms. The van der Waals surface area contributed by atoms with E-state index < -0.39 is 27.0 Å². The highest BCUT2D eigenvalue weighted by molar-refractivity contribution is 6.39. The summed E-state index contributed by atoms with van der Waals surface area (Å²) in [6.45, 7) is 0. The average molecular weight is 757 g/mol. The number of rotatable bonds is 2. The van der Waals surface area contributed by atoms with Crippen molar-refractivity contribution in [1.29, 1.82) is 0 Å². The lowest BCUT2D eigenvalue weighted by molar-refractivity contribution is -0.385. The number of nitrogen functional groups attached to an aromatic ring is 1. The molecule has 6 N–H and O–H groups in total. The molecule has 0 fully saturated rings. The van der Waals surface area contributed by atoms with E-state index in [-0.39, 0.29) is 48.0 Å². The molecule has 0 aliphatic heterocycles. The van der Waals surface area contributed by atoms with Gasteiger partial charge in [-0.2, -0.15) is 0 Å². The van der Waals surface area contributed by atoms with Gasteiger partial charge in [0.2, 0.25) is 0 Å². The Bertz CT molecular complexity index is 1460. The van der Waals surface area contributed by atoms with Crippen molar-refractivity contribution in [3.63, 3.8) is 0 Å². The number of hydrogen-bond acceptors (Lipinski definition) is 9. The molecule has 0 saturated heterocycles. The molecule has 0 aromatic heterocycles. The van der Waals surface area contributed by atoms with Crippen LogP contribution < -0.4 is 5.73 Å². The Labute approximate surface area is 282 Å². The summed E-state index contributed by atoms with van der Waals surface area (Å²) in [7, 11) is 0. The van der Waals surface area contributed by atoms with Gasteiger partial charge in [0.15, 0.2) is 5.75 Å². The molecule has 11 nitrogen and oxygen atoms in total. The fourth-order valence-electron chi connectivity index (χ4n) is 2.57. The molecular weight excluding hydrogens is 742 g/mol. The lowest BCUT2D eigenvalue weighted by atomic mass is 10.3. The van der Waals surface area contributed by atoms with Crippen molar-refractivity contribution >= 4 is 110 Å². The minimum Gasteiger partial charge on any atom is -0.508 e. The number of anilines is 1. The second-order valence-electron chi connectivity index (χ2n) is 7.48. The van der Waals surface area contributed by atoms with Gasteiger partial charge in [-0.25, -0.2) is 0 Å². The minimum absolute atomic E-state index is 0.0856. The summed E-state index contributed by atoms with van der Waals surface area (Å²) in [5.41, 5.74) is 4.55. The molecule has 0 aliphatic carbocycles. The fraction of sp³-hybridized carbons (Fsp3) is 0. The summed E-state index contributed by atoms with van der Waals surface area (Å²) in [4.78, 5) is 19.1. The number of nitro benzene ring substituents is 2. The van der Waals surface area contributed by atoms with E-state index in [0.717, 1.165) is 18.2 Å². The summed E-state index contributed by atoms with van der Waals surface area (Å²) in [6.07, 6.45) is 0. The highest BCUT2D eigenvalue weighted by atomic mass is 35.5. The van der Waals surface area contributed by atoms with E-state index in [2.05, 4.69) is 0 Å². The zero-order valence-electron chi connectivity index (χ0n) is 20.6. The van der Waals surface area contributed by atoms with Crippen LogP contribution in [-0.4, -0.2) is 30.3 Å². The smallest absolute Gasteiger partial charge is 0.329 e. The number of nitrogens with two attached hydrogens (primary N) is 1. The fourth-order valence-corrected chi connectivity index (χ4v) is 4.73. The first-order chi connectivity index (χ1) is 19.8. The molecule has 0 atom stereocenters. The molecule has 0 heterocycles. The van der Waals surface area contributed by atoms with E-state index in [1.54, 1.807) is 6.07 Å². The molecule has 0 saturated carbocycles. The SMILES string of the molecule is Nc1c(O)cc(Cl)cc1Cl.O=[N+]([O-])c1c(Cl)cc(O)cc1Cl.O=[N+]([O-])c1c(O)cc(Cl)cc1Cl.Oc1cc(Cl)cc(Cl)c1. The third kappa shape index (κ3) is 12.6. The van der Waals surface area contributed by atoms with Gasteiger partial charge < -0.3 is 26.2 Å². The monoisotopic (exact) mass is 753 g/mol. The Kier molecular flexibility index (Phi) is 15.3. The van der Waals surface area contributed by atoms with Crippen molar-refractivity contribution in [2.45, 2.75) is 0 Å². The molecule has 0 amide bonds. The quantitative estimate of drug-likeness (QED) is 0.0573. The van der Waals surface area contributed by atoms with Gasteiger partial charge in [-0.1, -0.05) is 92.8 Å². The zero-order valence-corrected chi connectivity index (χ0v) is 26.7. The maximum Gasteiger partial charge on any atom is 0.329 e. The number of nitro groups is 2. The van der Waals surface area contributed by atoms with Crippen LogP contribution in [0.2, 0.25) is 40.2 Å².